The Hall–Kier alpha value is -4.41. The zero-order valence-corrected chi connectivity index (χ0v) is 23.9. The summed E-state index contributed by atoms with van der Waals surface area (Å²) in [4.78, 5) is 64.2. The van der Waals surface area contributed by atoms with Crippen LogP contribution in [0.5, 0.6) is 5.75 Å². The summed E-state index contributed by atoms with van der Waals surface area (Å²) in [6.07, 6.45) is -0.285. The number of hydrogen-bond donors (Lipinski definition) is 3. The first-order valence-electron chi connectivity index (χ1n) is 13.6. The largest absolute Gasteiger partial charge is 0.491 e. The van der Waals surface area contributed by atoms with Crippen LogP contribution in [0.4, 0.5) is 4.79 Å². The third-order valence-electron chi connectivity index (χ3n) is 6.56. The summed E-state index contributed by atoms with van der Waals surface area (Å²) in [5.41, 5.74) is 1.76. The quantitative estimate of drug-likeness (QED) is 0.418. The Morgan fingerprint density at radius 2 is 1.78 bits per heavy atom. The highest BCUT2D eigenvalue weighted by atomic mass is 16.6. The number of ether oxygens (including phenoxy) is 2. The molecule has 11 heteroatoms. The van der Waals surface area contributed by atoms with Crippen LogP contribution in [-0.4, -0.2) is 52.4 Å². The Morgan fingerprint density at radius 3 is 2.41 bits per heavy atom. The number of benzene rings is 2. The Kier molecular flexibility index (Phi) is 8.65. The van der Waals surface area contributed by atoms with E-state index in [9.17, 15) is 24.0 Å². The van der Waals surface area contributed by atoms with Crippen LogP contribution in [0, 0.1) is 0 Å². The van der Waals surface area contributed by atoms with Crippen LogP contribution in [0.25, 0.3) is 0 Å². The van der Waals surface area contributed by atoms with Crippen LogP contribution in [0.2, 0.25) is 0 Å². The van der Waals surface area contributed by atoms with Gasteiger partial charge < -0.3 is 25.0 Å². The molecule has 2 unspecified atom stereocenters. The fourth-order valence-corrected chi connectivity index (χ4v) is 4.77. The maximum Gasteiger partial charge on any atom is 0.408 e. The molecule has 5 amide bonds. The molecule has 3 N–H and O–H groups in total. The lowest BCUT2D eigenvalue weighted by atomic mass is 10.0. The van der Waals surface area contributed by atoms with Gasteiger partial charge in [-0.2, -0.15) is 0 Å². The Morgan fingerprint density at radius 1 is 1.07 bits per heavy atom. The molecule has 0 bridgehead atoms. The fraction of sp³-hybridized carbons (Fsp3) is 0.433. The van der Waals surface area contributed by atoms with Gasteiger partial charge in [-0.15, -0.1) is 0 Å². The van der Waals surface area contributed by atoms with E-state index in [2.05, 4.69) is 16.0 Å². The number of imide groups is 1. The summed E-state index contributed by atoms with van der Waals surface area (Å²) >= 11 is 0. The highest BCUT2D eigenvalue weighted by Crippen LogP contribution is 2.28. The third-order valence-corrected chi connectivity index (χ3v) is 6.56. The molecule has 0 radical (unpaired) electrons. The molecular formula is C30H36N4O7. The second kappa shape index (κ2) is 12.0. The van der Waals surface area contributed by atoms with Crippen LogP contribution in [-0.2, 0) is 32.2 Å². The van der Waals surface area contributed by atoms with E-state index >= 15 is 0 Å². The van der Waals surface area contributed by atoms with Crippen molar-refractivity contribution in [1.82, 2.24) is 20.9 Å². The smallest absolute Gasteiger partial charge is 0.408 e. The van der Waals surface area contributed by atoms with Gasteiger partial charge in [0.2, 0.25) is 17.7 Å². The summed E-state index contributed by atoms with van der Waals surface area (Å²) < 4.78 is 11.1. The number of hydrogen-bond acceptors (Lipinski definition) is 7. The maximum absolute atomic E-state index is 13.3. The summed E-state index contributed by atoms with van der Waals surface area (Å²) in [6.45, 7) is 9.40. The predicted octanol–water partition coefficient (Wildman–Crippen LogP) is 3.12. The Labute approximate surface area is 238 Å². The number of piperidine rings is 1. The molecule has 2 aliphatic rings. The molecular weight excluding hydrogens is 528 g/mol. The number of amides is 5. The molecule has 0 saturated carbocycles. The van der Waals surface area contributed by atoms with Gasteiger partial charge in [0.05, 0.1) is 6.10 Å². The normalized spacial score (nSPS) is 17.6. The number of nitrogens with zero attached hydrogens (tertiary/aromatic N) is 1. The second-order valence-electron chi connectivity index (χ2n) is 11.4. The first kappa shape index (κ1) is 29.6. The van der Waals surface area contributed by atoms with Crippen molar-refractivity contribution in [1.29, 1.82) is 0 Å². The molecule has 218 valence electrons. The van der Waals surface area contributed by atoms with Crippen molar-refractivity contribution in [2.75, 3.05) is 0 Å². The van der Waals surface area contributed by atoms with Gasteiger partial charge >= 0.3 is 6.09 Å². The first-order valence-corrected chi connectivity index (χ1v) is 13.6. The number of nitrogens with one attached hydrogen (secondary N) is 3. The van der Waals surface area contributed by atoms with E-state index < -0.39 is 35.6 Å². The van der Waals surface area contributed by atoms with Gasteiger partial charge in [-0.25, -0.2) is 4.79 Å². The minimum absolute atomic E-state index is 0.0152. The van der Waals surface area contributed by atoms with Crippen molar-refractivity contribution in [3.8, 4) is 5.75 Å². The summed E-state index contributed by atoms with van der Waals surface area (Å²) in [7, 11) is 0. The highest BCUT2D eigenvalue weighted by molar-refractivity contribution is 6.05. The van der Waals surface area contributed by atoms with Crippen molar-refractivity contribution in [3.05, 3.63) is 64.7 Å². The van der Waals surface area contributed by atoms with Crippen LogP contribution < -0.4 is 20.7 Å². The third kappa shape index (κ3) is 7.41. The lowest BCUT2D eigenvalue weighted by molar-refractivity contribution is -0.137. The number of carbonyl (C=O) groups is 5. The highest BCUT2D eigenvalue weighted by Gasteiger charge is 2.39. The first-order chi connectivity index (χ1) is 19.3. The van der Waals surface area contributed by atoms with E-state index in [1.165, 1.54) is 4.90 Å². The zero-order chi connectivity index (χ0) is 29.9. The van der Waals surface area contributed by atoms with Crippen molar-refractivity contribution >= 4 is 29.7 Å². The van der Waals surface area contributed by atoms with E-state index in [1.54, 1.807) is 57.2 Å². The molecule has 1 saturated heterocycles. The van der Waals surface area contributed by atoms with Gasteiger partial charge in [-0.1, -0.05) is 24.3 Å². The van der Waals surface area contributed by atoms with Gasteiger partial charge in [-0.3, -0.25) is 24.5 Å². The molecule has 2 aromatic rings. The van der Waals surface area contributed by atoms with Gasteiger partial charge in [-0.05, 0) is 75.9 Å². The van der Waals surface area contributed by atoms with E-state index in [0.717, 1.165) is 11.1 Å². The molecule has 2 atom stereocenters. The molecule has 2 aromatic carbocycles. The van der Waals surface area contributed by atoms with Crippen molar-refractivity contribution in [2.45, 2.75) is 84.3 Å². The van der Waals surface area contributed by atoms with Gasteiger partial charge in [0, 0.05) is 25.1 Å². The number of fused-ring (bicyclic) bond motifs is 1. The van der Waals surface area contributed by atoms with Gasteiger partial charge in [0.15, 0.2) is 0 Å². The van der Waals surface area contributed by atoms with Crippen LogP contribution in [0.3, 0.4) is 0 Å². The van der Waals surface area contributed by atoms with Gasteiger partial charge in [0.25, 0.3) is 5.91 Å². The van der Waals surface area contributed by atoms with E-state index in [4.69, 9.17) is 9.47 Å². The molecule has 2 aliphatic heterocycles. The molecule has 1 fully saturated rings. The summed E-state index contributed by atoms with van der Waals surface area (Å²) in [5.74, 6) is -0.888. The minimum atomic E-state index is -1.03. The van der Waals surface area contributed by atoms with Crippen molar-refractivity contribution in [2.24, 2.45) is 0 Å². The Balaban J connectivity index is 1.45. The molecule has 0 aliphatic carbocycles. The van der Waals surface area contributed by atoms with E-state index in [1.807, 2.05) is 19.9 Å². The van der Waals surface area contributed by atoms with Crippen LogP contribution >= 0.6 is 0 Å². The summed E-state index contributed by atoms with van der Waals surface area (Å²) in [5, 5.41) is 7.81. The standard InChI is InChI=1S/C30H36N4O7/c1-17(2)40-21-9-7-19(8-10-21)25(33-29(39)41-30(3,4)5)27(37)31-15-18-6-11-22-20(14-18)16-34(28(22)38)23-12-13-24(35)32-26(23)36/h6-11,14,17,23,25H,12-13,15-16H2,1-5H3,(H,31,37)(H,33,39)(H,32,35,36). The zero-order valence-electron chi connectivity index (χ0n) is 23.9. The van der Waals surface area contributed by atoms with Crippen LogP contribution in [0.15, 0.2) is 42.5 Å². The molecule has 4 rings (SSSR count). The molecule has 0 aromatic heterocycles. The lowest BCUT2D eigenvalue weighted by Crippen LogP contribution is -2.52. The molecule has 0 spiro atoms. The fourth-order valence-electron chi connectivity index (χ4n) is 4.77. The average molecular weight is 565 g/mol. The second-order valence-corrected chi connectivity index (χ2v) is 11.4. The number of carbonyl (C=O) groups excluding carboxylic acids is 5. The maximum atomic E-state index is 13.3. The molecule has 41 heavy (non-hydrogen) atoms. The molecule has 11 nitrogen and oxygen atoms in total. The van der Waals surface area contributed by atoms with E-state index in [0.29, 0.717) is 16.9 Å². The van der Waals surface area contributed by atoms with Crippen LogP contribution in [0.1, 0.15) is 80.6 Å². The van der Waals surface area contributed by atoms with Crippen molar-refractivity contribution < 1.29 is 33.4 Å². The number of rotatable bonds is 8. The lowest BCUT2D eigenvalue weighted by Gasteiger charge is -2.29. The van der Waals surface area contributed by atoms with Crippen molar-refractivity contribution in [3.63, 3.8) is 0 Å². The summed E-state index contributed by atoms with van der Waals surface area (Å²) in [6, 6.07) is 10.4. The monoisotopic (exact) mass is 564 g/mol. The van der Waals surface area contributed by atoms with Gasteiger partial charge in [0.1, 0.15) is 23.4 Å². The number of alkyl carbamates (subject to hydrolysis) is 1. The predicted molar refractivity (Wildman–Crippen MR) is 149 cm³/mol. The Bertz CT molecular complexity index is 1350. The topological polar surface area (TPSA) is 143 Å². The van der Waals surface area contributed by atoms with E-state index in [-0.39, 0.29) is 43.8 Å². The minimum Gasteiger partial charge on any atom is -0.491 e. The SMILES string of the molecule is CC(C)Oc1ccc(C(NC(=O)OC(C)(C)C)C(=O)NCc2ccc3c(c2)CN(C2CCC(=O)NC2=O)C3=O)cc1. The average Bonchev–Trinajstić information content (AvgIpc) is 3.20. The molecule has 2 heterocycles.